The van der Waals surface area contributed by atoms with Gasteiger partial charge in [-0.2, -0.15) is 4.31 Å². The summed E-state index contributed by atoms with van der Waals surface area (Å²) in [5, 5.41) is 10.3. The predicted molar refractivity (Wildman–Crippen MR) is 161 cm³/mol. The number of hydrogen-bond acceptors (Lipinski definition) is 7. The van der Waals surface area contributed by atoms with Crippen molar-refractivity contribution >= 4 is 43.2 Å². The Bertz CT molecular complexity index is 1650. The van der Waals surface area contributed by atoms with E-state index < -0.39 is 38.1 Å². The topological polar surface area (TPSA) is 133 Å². The van der Waals surface area contributed by atoms with Crippen molar-refractivity contribution in [1.29, 1.82) is 0 Å². The zero-order valence-corrected chi connectivity index (χ0v) is 26.1. The molecule has 0 spiro atoms. The summed E-state index contributed by atoms with van der Waals surface area (Å²) in [7, 11) is -6.35. The summed E-state index contributed by atoms with van der Waals surface area (Å²) in [5.74, 6) is -0.609. The van der Waals surface area contributed by atoms with Crippen molar-refractivity contribution < 1.29 is 31.5 Å². The summed E-state index contributed by atoms with van der Waals surface area (Å²) in [6.07, 6.45) is -0.674. The minimum Gasteiger partial charge on any atom is -0.488 e. The van der Waals surface area contributed by atoms with Gasteiger partial charge in [-0.3, -0.25) is 9.52 Å². The van der Waals surface area contributed by atoms with Crippen molar-refractivity contribution in [3.05, 3.63) is 82.9 Å². The molecule has 3 aromatic rings. The van der Waals surface area contributed by atoms with Crippen LogP contribution in [-0.4, -0.2) is 75.9 Å². The molecule has 13 heteroatoms. The molecule has 0 unspecified atom stereocenters. The van der Waals surface area contributed by atoms with Crippen LogP contribution >= 0.6 is 11.6 Å². The number of likely N-dealkylation sites (N-methyl/N-ethyl adjacent to an activating group) is 1. The van der Waals surface area contributed by atoms with Crippen LogP contribution in [0.2, 0.25) is 5.02 Å². The lowest BCUT2D eigenvalue weighted by molar-refractivity contribution is 0.0387. The van der Waals surface area contributed by atoms with Gasteiger partial charge in [-0.1, -0.05) is 36.2 Å². The molecular formula is C29H34ClN3O7S2. The average molecular weight is 636 g/mol. The highest BCUT2D eigenvalue weighted by atomic mass is 35.5. The van der Waals surface area contributed by atoms with E-state index >= 15 is 0 Å². The maximum Gasteiger partial charge on any atom is 0.261 e. The number of aliphatic hydroxyl groups excluding tert-OH is 1. The first-order valence-electron chi connectivity index (χ1n) is 13.3. The molecule has 0 bridgehead atoms. The van der Waals surface area contributed by atoms with Gasteiger partial charge in [-0.25, -0.2) is 16.8 Å². The predicted octanol–water partition coefficient (Wildman–Crippen LogP) is 3.99. The quantitative estimate of drug-likeness (QED) is 0.363. The van der Waals surface area contributed by atoms with Gasteiger partial charge in [0.15, 0.2) is 0 Å². The van der Waals surface area contributed by atoms with Gasteiger partial charge in [-0.05, 0) is 68.4 Å². The van der Waals surface area contributed by atoms with Crippen molar-refractivity contribution in [3.8, 4) is 5.75 Å². The monoisotopic (exact) mass is 635 g/mol. The van der Waals surface area contributed by atoms with E-state index in [4.69, 9.17) is 16.3 Å². The standard InChI is InChI=1S/C29H34ClN3O7S2/c1-19-5-10-25(11-6-19)42(38,39)32(4)17-28-20(2)16-33(21(3)18-34)29(35)26-15-23(9-14-27(26)40-28)31-41(36,37)24-12-7-22(30)8-13-24/h5-15,20-21,28,31,34H,16-18H2,1-4H3/t20-,21+,28+/m1/s1. The fraction of sp³-hybridized carbons (Fsp3) is 0.345. The van der Waals surface area contributed by atoms with Crippen molar-refractivity contribution in [1.82, 2.24) is 9.21 Å². The van der Waals surface area contributed by atoms with Crippen LogP contribution in [0.4, 0.5) is 5.69 Å². The second kappa shape index (κ2) is 12.6. The van der Waals surface area contributed by atoms with Crippen LogP contribution in [0.25, 0.3) is 0 Å². The third-order valence-electron chi connectivity index (χ3n) is 7.21. The minimum absolute atomic E-state index is 0.0107. The second-order valence-corrected chi connectivity index (χ2v) is 14.7. The van der Waals surface area contributed by atoms with Crippen molar-refractivity contribution in [2.24, 2.45) is 5.92 Å². The highest BCUT2D eigenvalue weighted by Gasteiger charge is 2.35. The number of nitrogens with zero attached hydrogens (tertiary/aromatic N) is 2. The number of aliphatic hydroxyl groups is 1. The SMILES string of the molecule is Cc1ccc(S(=O)(=O)N(C)C[C@@H]2Oc3ccc(NS(=O)(=O)c4ccc(Cl)cc4)cc3C(=O)N([C@@H](C)CO)C[C@H]2C)cc1. The lowest BCUT2D eigenvalue weighted by Gasteiger charge is -2.38. The number of aryl methyl sites for hydroxylation is 1. The van der Waals surface area contributed by atoms with Crippen LogP contribution in [0.1, 0.15) is 29.8 Å². The molecule has 42 heavy (non-hydrogen) atoms. The largest absolute Gasteiger partial charge is 0.488 e. The van der Waals surface area contributed by atoms with E-state index in [-0.39, 0.29) is 52.4 Å². The molecule has 0 radical (unpaired) electrons. The maximum atomic E-state index is 13.7. The molecular weight excluding hydrogens is 602 g/mol. The molecule has 1 amide bonds. The van der Waals surface area contributed by atoms with Gasteiger partial charge in [-0.15, -0.1) is 0 Å². The van der Waals surface area contributed by atoms with Crippen LogP contribution in [0, 0.1) is 12.8 Å². The van der Waals surface area contributed by atoms with Gasteiger partial charge < -0.3 is 14.7 Å². The average Bonchev–Trinajstić information content (AvgIpc) is 2.95. The molecule has 226 valence electrons. The van der Waals surface area contributed by atoms with E-state index in [0.717, 1.165) is 5.56 Å². The van der Waals surface area contributed by atoms with E-state index in [1.54, 1.807) is 31.2 Å². The summed E-state index contributed by atoms with van der Waals surface area (Å²) in [5.41, 5.74) is 1.14. The number of anilines is 1. The lowest BCUT2D eigenvalue weighted by Crippen LogP contribution is -2.50. The van der Waals surface area contributed by atoms with E-state index in [0.29, 0.717) is 5.02 Å². The van der Waals surface area contributed by atoms with Crippen LogP contribution in [-0.2, 0) is 20.0 Å². The van der Waals surface area contributed by atoms with Crippen molar-refractivity contribution in [2.45, 2.75) is 42.7 Å². The number of fused-ring (bicyclic) bond motifs is 1. The third-order valence-corrected chi connectivity index (χ3v) is 10.7. The molecule has 3 atom stereocenters. The molecule has 0 saturated carbocycles. The molecule has 0 aliphatic carbocycles. The number of benzene rings is 3. The molecule has 2 N–H and O–H groups in total. The molecule has 1 aliphatic rings. The first kappa shape index (κ1) is 31.8. The van der Waals surface area contributed by atoms with Gasteiger partial charge in [0, 0.05) is 30.2 Å². The summed E-state index contributed by atoms with van der Waals surface area (Å²) < 4.78 is 62.5. The highest BCUT2D eigenvalue weighted by molar-refractivity contribution is 7.92. The van der Waals surface area contributed by atoms with Crippen LogP contribution in [0.15, 0.2) is 76.5 Å². The van der Waals surface area contributed by atoms with Gasteiger partial charge in [0.25, 0.3) is 15.9 Å². The number of carbonyl (C=O) groups is 1. The number of ether oxygens (including phenoxy) is 1. The number of nitrogens with one attached hydrogen (secondary N) is 1. The molecule has 4 rings (SSSR count). The van der Waals surface area contributed by atoms with E-state index in [2.05, 4.69) is 4.72 Å². The Hall–Kier alpha value is -3.16. The van der Waals surface area contributed by atoms with Gasteiger partial charge in [0.1, 0.15) is 11.9 Å². The number of halogens is 1. The zero-order chi connectivity index (χ0) is 30.8. The zero-order valence-electron chi connectivity index (χ0n) is 23.7. The molecule has 1 heterocycles. The fourth-order valence-electron chi connectivity index (χ4n) is 4.57. The third kappa shape index (κ3) is 6.90. The van der Waals surface area contributed by atoms with E-state index in [1.807, 2.05) is 13.8 Å². The normalized spacial score (nSPS) is 18.5. The number of hydrogen-bond donors (Lipinski definition) is 2. The number of sulfonamides is 2. The molecule has 1 aliphatic heterocycles. The number of carbonyl (C=O) groups excluding carboxylic acids is 1. The lowest BCUT2D eigenvalue weighted by atomic mass is 9.99. The van der Waals surface area contributed by atoms with E-state index in [1.165, 1.54) is 58.7 Å². The fourth-order valence-corrected chi connectivity index (χ4v) is 6.93. The Kier molecular flexibility index (Phi) is 9.53. The Morgan fingerprint density at radius 2 is 1.67 bits per heavy atom. The second-order valence-electron chi connectivity index (χ2n) is 10.5. The van der Waals surface area contributed by atoms with Crippen LogP contribution in [0.3, 0.4) is 0 Å². The molecule has 0 aromatic heterocycles. The highest BCUT2D eigenvalue weighted by Crippen LogP contribution is 2.32. The van der Waals surface area contributed by atoms with E-state index in [9.17, 15) is 26.7 Å². The maximum absolute atomic E-state index is 13.7. The summed E-state index contributed by atoms with van der Waals surface area (Å²) in [6.45, 7) is 5.27. The van der Waals surface area contributed by atoms with Crippen LogP contribution < -0.4 is 9.46 Å². The van der Waals surface area contributed by atoms with Crippen molar-refractivity contribution in [3.63, 3.8) is 0 Å². The van der Waals surface area contributed by atoms with Gasteiger partial charge >= 0.3 is 0 Å². The Balaban J connectivity index is 1.68. The number of rotatable bonds is 9. The molecule has 3 aromatic carbocycles. The smallest absolute Gasteiger partial charge is 0.261 e. The summed E-state index contributed by atoms with van der Waals surface area (Å²) in [4.78, 5) is 15.3. The van der Waals surface area contributed by atoms with Gasteiger partial charge in [0.2, 0.25) is 10.0 Å². The molecule has 0 fully saturated rings. The number of amides is 1. The Morgan fingerprint density at radius 3 is 2.29 bits per heavy atom. The summed E-state index contributed by atoms with van der Waals surface area (Å²) >= 11 is 5.89. The molecule has 0 saturated heterocycles. The van der Waals surface area contributed by atoms with Crippen LogP contribution in [0.5, 0.6) is 5.75 Å². The summed E-state index contributed by atoms with van der Waals surface area (Å²) in [6, 6.07) is 16.0. The first-order valence-corrected chi connectivity index (χ1v) is 16.6. The van der Waals surface area contributed by atoms with Gasteiger partial charge in [0.05, 0.1) is 34.5 Å². The minimum atomic E-state index is -3.99. The first-order chi connectivity index (χ1) is 19.7. The molecule has 10 nitrogen and oxygen atoms in total. The van der Waals surface area contributed by atoms with Crippen molar-refractivity contribution in [2.75, 3.05) is 31.5 Å². The Morgan fingerprint density at radius 1 is 1.05 bits per heavy atom. The Labute approximate surface area is 252 Å².